The van der Waals surface area contributed by atoms with Gasteiger partial charge in [-0.25, -0.2) is 4.98 Å². The second-order valence-electron chi connectivity index (χ2n) is 5.48. The zero-order valence-corrected chi connectivity index (χ0v) is 16.9. The summed E-state index contributed by atoms with van der Waals surface area (Å²) in [4.78, 5) is 8.87. The van der Waals surface area contributed by atoms with Crippen LogP contribution < -0.4 is 10.6 Å². The van der Waals surface area contributed by atoms with Gasteiger partial charge in [-0.15, -0.1) is 24.0 Å². The molecule has 0 bridgehead atoms. The monoisotopic (exact) mass is 444 g/mol. The molecular weight excluding hydrogens is 415 g/mol. The summed E-state index contributed by atoms with van der Waals surface area (Å²) in [5, 5.41) is 6.67. The summed E-state index contributed by atoms with van der Waals surface area (Å²) in [6.07, 6.45) is 10.2. The lowest BCUT2D eigenvalue weighted by molar-refractivity contribution is 0.599. The Kier molecular flexibility index (Phi) is 10.2. The molecule has 0 aliphatic rings. The van der Waals surface area contributed by atoms with Gasteiger partial charge in [-0.2, -0.15) is 0 Å². The number of hydrogen-bond acceptors (Lipinski definition) is 2. The maximum atomic E-state index is 4.63. The molecule has 2 rings (SSSR count). The summed E-state index contributed by atoms with van der Waals surface area (Å²) >= 11 is 0. The van der Waals surface area contributed by atoms with E-state index in [0.717, 1.165) is 57.3 Å². The number of unbranched alkanes of at least 4 members (excludes halogenated alkanes) is 1. The fourth-order valence-corrected chi connectivity index (χ4v) is 2.39. The molecule has 2 heterocycles. The third kappa shape index (κ3) is 7.37. The maximum Gasteiger partial charge on any atom is 0.191 e. The van der Waals surface area contributed by atoms with Crippen LogP contribution in [0.15, 0.2) is 41.9 Å². The number of imidazole rings is 1. The molecule has 134 valence electrons. The molecule has 0 unspecified atom stereocenters. The smallest absolute Gasteiger partial charge is 0.191 e. The first-order chi connectivity index (χ1) is 11.3. The highest BCUT2D eigenvalue weighted by atomic mass is 127. The molecule has 6 nitrogen and oxygen atoms in total. The molecule has 2 aromatic rings. The summed E-state index contributed by atoms with van der Waals surface area (Å²) < 4.78 is 4.34. The molecule has 0 fully saturated rings. The van der Waals surface area contributed by atoms with Crippen molar-refractivity contribution < 1.29 is 0 Å². The highest BCUT2D eigenvalue weighted by molar-refractivity contribution is 14.0. The number of halogens is 1. The topological polar surface area (TPSA) is 59.2 Å². The van der Waals surface area contributed by atoms with E-state index < -0.39 is 0 Å². The second kappa shape index (κ2) is 11.9. The van der Waals surface area contributed by atoms with Crippen LogP contribution >= 0.6 is 24.0 Å². The Hall–Kier alpha value is -1.51. The van der Waals surface area contributed by atoms with Gasteiger partial charge in [0.2, 0.25) is 0 Å². The van der Waals surface area contributed by atoms with Gasteiger partial charge < -0.3 is 19.8 Å². The molecule has 0 spiro atoms. The van der Waals surface area contributed by atoms with E-state index in [2.05, 4.69) is 49.1 Å². The lowest BCUT2D eigenvalue weighted by Crippen LogP contribution is -2.38. The first-order valence-electron chi connectivity index (χ1n) is 8.40. The van der Waals surface area contributed by atoms with E-state index in [4.69, 9.17) is 0 Å². The second-order valence-corrected chi connectivity index (χ2v) is 5.48. The van der Waals surface area contributed by atoms with Gasteiger partial charge in [0, 0.05) is 57.5 Å². The number of aliphatic imine (C=N–C) groups is 1. The molecule has 0 aliphatic heterocycles. The summed E-state index contributed by atoms with van der Waals surface area (Å²) in [5.74, 6) is 1.98. The van der Waals surface area contributed by atoms with Crippen LogP contribution in [0.2, 0.25) is 0 Å². The lowest BCUT2D eigenvalue weighted by Gasteiger charge is -2.11. The van der Waals surface area contributed by atoms with E-state index in [9.17, 15) is 0 Å². The van der Waals surface area contributed by atoms with Gasteiger partial charge in [0.05, 0.1) is 0 Å². The SMILES string of the molecule is CCNC(=NCCCCn1ccnc1C)NCCn1cccc1.I. The van der Waals surface area contributed by atoms with Crippen molar-refractivity contribution in [2.75, 3.05) is 19.6 Å². The van der Waals surface area contributed by atoms with Gasteiger partial charge in [-0.1, -0.05) is 0 Å². The minimum atomic E-state index is 0. The van der Waals surface area contributed by atoms with Crippen LogP contribution in [0.25, 0.3) is 0 Å². The largest absolute Gasteiger partial charge is 0.357 e. The first kappa shape index (κ1) is 20.5. The zero-order valence-electron chi connectivity index (χ0n) is 14.6. The van der Waals surface area contributed by atoms with Crippen molar-refractivity contribution in [2.45, 2.75) is 39.8 Å². The summed E-state index contributed by atoms with van der Waals surface area (Å²) in [5.41, 5.74) is 0. The van der Waals surface area contributed by atoms with Crippen molar-refractivity contribution in [2.24, 2.45) is 4.99 Å². The summed E-state index contributed by atoms with van der Waals surface area (Å²) in [6, 6.07) is 4.09. The number of aromatic nitrogens is 3. The molecule has 7 heteroatoms. The van der Waals surface area contributed by atoms with E-state index in [1.54, 1.807) is 0 Å². The van der Waals surface area contributed by atoms with E-state index in [1.807, 2.05) is 31.5 Å². The van der Waals surface area contributed by atoms with Crippen molar-refractivity contribution in [3.8, 4) is 0 Å². The van der Waals surface area contributed by atoms with Gasteiger partial charge in [-0.3, -0.25) is 4.99 Å². The highest BCUT2D eigenvalue weighted by Gasteiger charge is 1.98. The Labute approximate surface area is 161 Å². The minimum absolute atomic E-state index is 0. The standard InChI is InChI=1S/C17H28N6.HI/c1-3-18-17(21-9-14-22-11-6-7-12-22)20-8-4-5-13-23-15-10-19-16(23)2;/h6-7,10-12,15H,3-5,8-9,13-14H2,1-2H3,(H2,18,20,21);1H. The van der Waals surface area contributed by atoms with Crippen LogP contribution in [0.4, 0.5) is 0 Å². The number of hydrogen-bond donors (Lipinski definition) is 2. The highest BCUT2D eigenvalue weighted by Crippen LogP contribution is 2.00. The maximum absolute atomic E-state index is 4.63. The van der Waals surface area contributed by atoms with Crippen molar-refractivity contribution in [3.63, 3.8) is 0 Å². The lowest BCUT2D eigenvalue weighted by atomic mass is 10.3. The number of nitrogens with zero attached hydrogens (tertiary/aromatic N) is 4. The van der Waals surface area contributed by atoms with Crippen molar-refractivity contribution in [1.82, 2.24) is 24.8 Å². The van der Waals surface area contributed by atoms with Crippen molar-refractivity contribution >= 4 is 29.9 Å². The molecule has 0 atom stereocenters. The molecule has 2 aromatic heterocycles. The minimum Gasteiger partial charge on any atom is -0.357 e. The van der Waals surface area contributed by atoms with Gasteiger partial charge in [0.15, 0.2) is 5.96 Å². The normalized spacial score (nSPS) is 11.2. The van der Waals surface area contributed by atoms with Crippen molar-refractivity contribution in [1.29, 1.82) is 0 Å². The van der Waals surface area contributed by atoms with Crippen LogP contribution in [-0.4, -0.2) is 39.7 Å². The number of aryl methyl sites for hydroxylation is 2. The van der Waals surface area contributed by atoms with E-state index in [0.29, 0.717) is 0 Å². The van der Waals surface area contributed by atoms with E-state index in [1.165, 1.54) is 0 Å². The Morgan fingerprint density at radius 1 is 1.12 bits per heavy atom. The zero-order chi connectivity index (χ0) is 16.3. The Morgan fingerprint density at radius 3 is 2.58 bits per heavy atom. The van der Waals surface area contributed by atoms with E-state index >= 15 is 0 Å². The van der Waals surface area contributed by atoms with E-state index in [-0.39, 0.29) is 24.0 Å². The van der Waals surface area contributed by atoms with Crippen LogP contribution in [0.1, 0.15) is 25.6 Å². The number of guanidine groups is 1. The van der Waals surface area contributed by atoms with Crippen LogP contribution in [0.3, 0.4) is 0 Å². The molecule has 2 N–H and O–H groups in total. The average molecular weight is 444 g/mol. The predicted molar refractivity (Wildman–Crippen MR) is 110 cm³/mol. The summed E-state index contributed by atoms with van der Waals surface area (Å²) in [7, 11) is 0. The molecule has 0 saturated carbocycles. The van der Waals surface area contributed by atoms with Gasteiger partial charge in [-0.05, 0) is 38.8 Å². The molecule has 0 amide bonds. The number of rotatable bonds is 9. The average Bonchev–Trinajstić information content (AvgIpc) is 3.19. The molecule has 0 radical (unpaired) electrons. The van der Waals surface area contributed by atoms with Crippen LogP contribution in [-0.2, 0) is 13.1 Å². The molecular formula is C17H29IN6. The molecule has 0 saturated heterocycles. The Bertz CT molecular complexity index is 576. The van der Waals surface area contributed by atoms with Gasteiger partial charge >= 0.3 is 0 Å². The predicted octanol–water partition coefficient (Wildman–Crippen LogP) is 2.65. The number of nitrogens with one attached hydrogen (secondary N) is 2. The fraction of sp³-hybridized carbons (Fsp3) is 0.529. The third-order valence-corrected chi connectivity index (χ3v) is 3.67. The first-order valence-corrected chi connectivity index (χ1v) is 8.40. The quantitative estimate of drug-likeness (QED) is 0.271. The molecule has 0 aromatic carbocycles. The molecule has 0 aliphatic carbocycles. The molecule has 24 heavy (non-hydrogen) atoms. The fourth-order valence-electron chi connectivity index (χ4n) is 2.39. The van der Waals surface area contributed by atoms with Gasteiger partial charge in [0.25, 0.3) is 0 Å². The Morgan fingerprint density at radius 2 is 1.92 bits per heavy atom. The Balaban J connectivity index is 0.00000288. The van der Waals surface area contributed by atoms with Crippen LogP contribution in [0, 0.1) is 6.92 Å². The van der Waals surface area contributed by atoms with Crippen LogP contribution in [0.5, 0.6) is 0 Å². The third-order valence-electron chi connectivity index (χ3n) is 3.67. The van der Waals surface area contributed by atoms with Gasteiger partial charge in [0.1, 0.15) is 5.82 Å². The summed E-state index contributed by atoms with van der Waals surface area (Å²) in [6.45, 7) is 8.67. The van der Waals surface area contributed by atoms with Crippen molar-refractivity contribution in [3.05, 3.63) is 42.7 Å².